The smallest absolute Gasteiger partial charge is 0.263 e. The number of thiazole rings is 1. The van der Waals surface area contributed by atoms with Crippen molar-refractivity contribution < 1.29 is 13.2 Å². The number of amides is 1. The van der Waals surface area contributed by atoms with E-state index in [1.807, 2.05) is 12.1 Å². The van der Waals surface area contributed by atoms with E-state index in [1.54, 1.807) is 6.07 Å². The Morgan fingerprint density at radius 3 is 2.91 bits per heavy atom. The summed E-state index contributed by atoms with van der Waals surface area (Å²) in [6, 6.07) is 5.56. The monoisotopic (exact) mass is 356 g/mol. The summed E-state index contributed by atoms with van der Waals surface area (Å²) >= 11 is 6.85. The topological polar surface area (TPSA) is 76.1 Å². The van der Waals surface area contributed by atoms with Gasteiger partial charge < -0.3 is 5.32 Å². The molecule has 0 fully saturated rings. The van der Waals surface area contributed by atoms with Gasteiger partial charge in [0.2, 0.25) is 14.2 Å². The van der Waals surface area contributed by atoms with Crippen molar-refractivity contribution in [1.29, 1.82) is 0 Å². The zero-order valence-electron chi connectivity index (χ0n) is 11.7. The third-order valence-electron chi connectivity index (χ3n) is 3.51. The quantitative estimate of drug-likeness (QED) is 0.917. The number of fused-ring (bicyclic) bond motifs is 1. The predicted octanol–water partition coefficient (Wildman–Crippen LogP) is 2.62. The summed E-state index contributed by atoms with van der Waals surface area (Å²) in [6.07, 6.45) is 4.04. The zero-order valence-corrected chi connectivity index (χ0v) is 14.1. The molecular formula is C14H13ClN2O3S2. The number of halogens is 1. The summed E-state index contributed by atoms with van der Waals surface area (Å²) in [5.41, 5.74) is 2.20. The van der Waals surface area contributed by atoms with Crippen molar-refractivity contribution in [3.05, 3.63) is 45.4 Å². The Morgan fingerprint density at radius 2 is 2.23 bits per heavy atom. The number of nitrogens with zero attached hydrogens (tertiary/aromatic N) is 1. The lowest BCUT2D eigenvalue weighted by Gasteiger charge is -2.13. The van der Waals surface area contributed by atoms with Crippen LogP contribution in [0.3, 0.4) is 0 Å². The molecule has 1 aliphatic rings. The second-order valence-electron chi connectivity index (χ2n) is 5.17. The third-order valence-corrected chi connectivity index (χ3v) is 6.44. The molecule has 1 aromatic heterocycles. The average Bonchev–Trinajstić information content (AvgIpc) is 3.05. The van der Waals surface area contributed by atoms with Gasteiger partial charge in [0.05, 0.1) is 12.2 Å². The van der Waals surface area contributed by atoms with E-state index in [-0.39, 0.29) is 16.3 Å². The van der Waals surface area contributed by atoms with Gasteiger partial charge in [-0.3, -0.25) is 4.79 Å². The number of carbonyl (C=O) groups is 1. The molecule has 0 saturated carbocycles. The highest BCUT2D eigenvalue weighted by atomic mass is 35.5. The van der Waals surface area contributed by atoms with Crippen LogP contribution < -0.4 is 5.32 Å². The maximum Gasteiger partial charge on any atom is 0.263 e. The molecule has 1 atom stereocenters. The Kier molecular flexibility index (Phi) is 3.96. The minimum atomic E-state index is -3.38. The van der Waals surface area contributed by atoms with Gasteiger partial charge in [-0.25, -0.2) is 13.4 Å². The molecular weight excluding hydrogens is 344 g/mol. The van der Waals surface area contributed by atoms with Crippen LogP contribution in [0.15, 0.2) is 28.7 Å². The van der Waals surface area contributed by atoms with Gasteiger partial charge in [0.15, 0.2) is 0 Å². The number of sulfone groups is 1. The van der Waals surface area contributed by atoms with Gasteiger partial charge in [-0.15, -0.1) is 0 Å². The number of aryl methyl sites for hydroxylation is 1. The van der Waals surface area contributed by atoms with Crippen molar-refractivity contribution in [2.24, 2.45) is 0 Å². The average molecular weight is 357 g/mol. The first-order valence-corrected chi connectivity index (χ1v) is 9.68. The molecule has 0 saturated heterocycles. The van der Waals surface area contributed by atoms with Crippen molar-refractivity contribution in [1.82, 2.24) is 10.3 Å². The summed E-state index contributed by atoms with van der Waals surface area (Å²) in [4.78, 5) is 16.3. The lowest BCUT2D eigenvalue weighted by Crippen LogP contribution is -2.26. The Balaban J connectivity index is 1.78. The molecule has 116 valence electrons. The largest absolute Gasteiger partial charge is 0.344 e. The van der Waals surface area contributed by atoms with Crippen LogP contribution in [0.4, 0.5) is 0 Å². The van der Waals surface area contributed by atoms with E-state index in [9.17, 15) is 13.2 Å². The minimum absolute atomic E-state index is 0.0451. The van der Waals surface area contributed by atoms with E-state index in [0.29, 0.717) is 9.90 Å². The molecule has 1 heterocycles. The van der Waals surface area contributed by atoms with Gasteiger partial charge in [-0.2, -0.15) is 0 Å². The highest BCUT2D eigenvalue weighted by molar-refractivity contribution is 7.92. The van der Waals surface area contributed by atoms with Gasteiger partial charge >= 0.3 is 0 Å². The van der Waals surface area contributed by atoms with Gasteiger partial charge in [-0.1, -0.05) is 29.0 Å². The van der Waals surface area contributed by atoms with Crippen molar-refractivity contribution in [2.75, 3.05) is 6.26 Å². The van der Waals surface area contributed by atoms with E-state index >= 15 is 0 Å². The van der Waals surface area contributed by atoms with Crippen LogP contribution in [-0.2, 0) is 16.3 Å². The van der Waals surface area contributed by atoms with Crippen molar-refractivity contribution in [3.8, 4) is 0 Å². The van der Waals surface area contributed by atoms with Gasteiger partial charge in [0.1, 0.15) is 4.88 Å². The second kappa shape index (κ2) is 5.64. The van der Waals surface area contributed by atoms with Crippen LogP contribution in [0, 0.1) is 0 Å². The fraction of sp³-hybridized carbons (Fsp3) is 0.286. The number of benzene rings is 1. The molecule has 2 aromatic rings. The fourth-order valence-electron chi connectivity index (χ4n) is 2.50. The summed E-state index contributed by atoms with van der Waals surface area (Å²) in [7, 11) is -3.38. The minimum Gasteiger partial charge on any atom is -0.344 e. The van der Waals surface area contributed by atoms with Crippen LogP contribution in [0.25, 0.3) is 0 Å². The molecule has 1 aromatic carbocycles. The van der Waals surface area contributed by atoms with Crippen molar-refractivity contribution >= 4 is 38.7 Å². The maximum atomic E-state index is 12.3. The van der Waals surface area contributed by atoms with Gasteiger partial charge in [0, 0.05) is 11.3 Å². The predicted molar refractivity (Wildman–Crippen MR) is 85.2 cm³/mol. The first kappa shape index (κ1) is 15.5. The Bertz CT molecular complexity index is 846. The standard InChI is InChI=1S/C14H13ClN2O3S2/c1-22(19,20)14-16-7-12(21-14)13(18)17-11-5-2-8-6-9(15)3-4-10(8)11/h3-4,6-7,11H,2,5H2,1H3,(H,17,18)/t11-/m1/s1. The van der Waals surface area contributed by atoms with Crippen molar-refractivity contribution in [2.45, 2.75) is 23.2 Å². The Labute approximate surface area is 137 Å². The molecule has 1 N–H and O–H groups in total. The van der Waals surface area contributed by atoms with Gasteiger partial charge in [0.25, 0.3) is 5.91 Å². The molecule has 5 nitrogen and oxygen atoms in total. The molecule has 22 heavy (non-hydrogen) atoms. The summed E-state index contributed by atoms with van der Waals surface area (Å²) in [5, 5.41) is 3.62. The third kappa shape index (κ3) is 3.02. The molecule has 0 radical (unpaired) electrons. The summed E-state index contributed by atoms with van der Waals surface area (Å²) in [5.74, 6) is -0.305. The number of nitrogens with one attached hydrogen (secondary N) is 1. The van der Waals surface area contributed by atoms with Crippen molar-refractivity contribution in [3.63, 3.8) is 0 Å². The number of carbonyl (C=O) groups excluding carboxylic acids is 1. The molecule has 0 unspecified atom stereocenters. The Morgan fingerprint density at radius 1 is 1.45 bits per heavy atom. The molecule has 3 rings (SSSR count). The van der Waals surface area contributed by atoms with Crippen LogP contribution in [0.5, 0.6) is 0 Å². The number of aromatic nitrogens is 1. The van der Waals surface area contributed by atoms with E-state index in [1.165, 1.54) is 6.20 Å². The molecule has 0 spiro atoms. The maximum absolute atomic E-state index is 12.3. The first-order chi connectivity index (χ1) is 10.3. The van der Waals surface area contributed by atoms with Crippen LogP contribution >= 0.6 is 22.9 Å². The highest BCUT2D eigenvalue weighted by Crippen LogP contribution is 2.33. The molecule has 0 bridgehead atoms. The fourth-order valence-corrected chi connectivity index (χ4v) is 4.36. The highest BCUT2D eigenvalue weighted by Gasteiger charge is 2.25. The number of rotatable bonds is 3. The zero-order chi connectivity index (χ0) is 15.9. The van der Waals surface area contributed by atoms with Crippen LogP contribution in [-0.4, -0.2) is 25.6 Å². The molecule has 1 aliphatic carbocycles. The van der Waals surface area contributed by atoms with Crippen LogP contribution in [0.2, 0.25) is 5.02 Å². The summed E-state index contributed by atoms with van der Waals surface area (Å²) in [6.45, 7) is 0. The van der Waals surface area contributed by atoms with E-state index in [2.05, 4.69) is 10.3 Å². The SMILES string of the molecule is CS(=O)(=O)c1ncc(C(=O)N[C@@H]2CCc3cc(Cl)ccc32)s1. The Hall–Kier alpha value is -1.44. The van der Waals surface area contributed by atoms with E-state index in [4.69, 9.17) is 11.6 Å². The second-order valence-corrected chi connectivity index (χ2v) is 8.83. The van der Waals surface area contributed by atoms with E-state index in [0.717, 1.165) is 41.6 Å². The van der Waals surface area contributed by atoms with E-state index < -0.39 is 9.84 Å². The molecule has 8 heteroatoms. The molecule has 0 aliphatic heterocycles. The lowest BCUT2D eigenvalue weighted by atomic mass is 10.1. The lowest BCUT2D eigenvalue weighted by molar-refractivity contribution is 0.0940. The summed E-state index contributed by atoms with van der Waals surface area (Å²) < 4.78 is 22.8. The van der Waals surface area contributed by atoms with Crippen LogP contribution in [0.1, 0.15) is 33.3 Å². The number of hydrogen-bond donors (Lipinski definition) is 1. The van der Waals surface area contributed by atoms with Gasteiger partial charge in [-0.05, 0) is 36.1 Å². The first-order valence-electron chi connectivity index (χ1n) is 6.59. The normalized spacial score (nSPS) is 17.3. The molecule has 1 amide bonds. The number of hydrogen-bond acceptors (Lipinski definition) is 5.